The average molecular weight is 320 g/mol. The van der Waals surface area contributed by atoms with Gasteiger partial charge in [0.15, 0.2) is 12.1 Å². The maximum Gasteiger partial charge on any atom is 0.192 e. The van der Waals surface area contributed by atoms with E-state index in [1.807, 2.05) is 32.9 Å². The smallest absolute Gasteiger partial charge is 0.192 e. The lowest BCUT2D eigenvalue weighted by Crippen LogP contribution is -2.32. The minimum Gasteiger partial charge on any atom is -0.390 e. The largest absolute Gasteiger partial charge is 0.390 e. The summed E-state index contributed by atoms with van der Waals surface area (Å²) in [6, 6.07) is 0. The van der Waals surface area contributed by atoms with Gasteiger partial charge in [0.25, 0.3) is 0 Å². The van der Waals surface area contributed by atoms with E-state index in [4.69, 9.17) is 14.2 Å². The Morgan fingerprint density at radius 1 is 1.39 bits per heavy atom. The van der Waals surface area contributed by atoms with Crippen LogP contribution in [0.4, 0.5) is 0 Å². The molecule has 0 saturated carbocycles. The molecule has 0 aromatic rings. The molecule has 2 saturated heterocycles. The summed E-state index contributed by atoms with van der Waals surface area (Å²) in [6.07, 6.45) is 5.35. The highest BCUT2D eigenvalue weighted by atomic mass is 16.8. The third-order valence-corrected chi connectivity index (χ3v) is 3.88. The van der Waals surface area contributed by atoms with E-state index in [0.29, 0.717) is 6.42 Å². The number of hydrogen-bond acceptors (Lipinski definition) is 4. The van der Waals surface area contributed by atoms with Crippen LogP contribution in [0.1, 0.15) is 46.5 Å². The highest BCUT2D eigenvalue weighted by Gasteiger charge is 2.53. The fraction of sp³-hybridized carbons (Fsp3) is 0.632. The molecule has 128 valence electrons. The maximum absolute atomic E-state index is 10.4. The first-order chi connectivity index (χ1) is 10.8. The molecule has 0 spiro atoms. The lowest BCUT2D eigenvalue weighted by Gasteiger charge is -2.24. The Labute approximate surface area is 139 Å². The second kappa shape index (κ2) is 7.61. The summed E-state index contributed by atoms with van der Waals surface area (Å²) >= 11 is 0. The Morgan fingerprint density at radius 2 is 2.13 bits per heavy atom. The van der Waals surface area contributed by atoms with Crippen molar-refractivity contribution in [2.75, 3.05) is 0 Å². The van der Waals surface area contributed by atoms with Crippen molar-refractivity contribution >= 4 is 0 Å². The molecule has 0 aromatic heterocycles. The van der Waals surface area contributed by atoms with Crippen molar-refractivity contribution in [1.82, 2.24) is 0 Å². The van der Waals surface area contributed by atoms with Gasteiger partial charge in [-0.15, -0.1) is 18.9 Å². The van der Waals surface area contributed by atoms with Crippen molar-refractivity contribution in [3.63, 3.8) is 0 Å². The number of ether oxygens (including phenoxy) is 3. The molecule has 4 heteroatoms. The van der Waals surface area contributed by atoms with Gasteiger partial charge in [-0.25, -0.2) is 0 Å². The van der Waals surface area contributed by atoms with Gasteiger partial charge in [-0.1, -0.05) is 11.6 Å². The van der Waals surface area contributed by atoms with Crippen LogP contribution in [0.25, 0.3) is 0 Å². The lowest BCUT2D eigenvalue weighted by molar-refractivity contribution is -0.208. The molecule has 23 heavy (non-hydrogen) atoms. The van der Waals surface area contributed by atoms with Crippen LogP contribution < -0.4 is 0 Å². The molecule has 0 unspecified atom stereocenters. The molecule has 1 N–H and O–H groups in total. The molecule has 0 aromatic carbocycles. The summed E-state index contributed by atoms with van der Waals surface area (Å²) in [6.45, 7) is 13.2. The first-order valence-electron chi connectivity index (χ1n) is 8.23. The van der Waals surface area contributed by atoms with Gasteiger partial charge in [-0.3, -0.25) is 0 Å². The zero-order valence-electron chi connectivity index (χ0n) is 14.4. The second-order valence-corrected chi connectivity index (χ2v) is 6.73. The molecule has 0 amide bonds. The Hall–Kier alpha value is -1.16. The van der Waals surface area contributed by atoms with Gasteiger partial charge < -0.3 is 19.3 Å². The van der Waals surface area contributed by atoms with Crippen LogP contribution in [-0.4, -0.2) is 35.5 Å². The fourth-order valence-electron chi connectivity index (χ4n) is 2.90. The van der Waals surface area contributed by atoms with Gasteiger partial charge >= 0.3 is 0 Å². The van der Waals surface area contributed by atoms with Crippen molar-refractivity contribution in [2.24, 2.45) is 0 Å². The Morgan fingerprint density at radius 3 is 2.78 bits per heavy atom. The number of hydrogen-bond donors (Lipinski definition) is 1. The molecule has 0 bridgehead atoms. The standard InChI is InChI=1S/C19H28O4/c1-6-7-8-9-10-11-14-16(15(20)12-13(2)3)21-18-17(14)22-19(4,5)23-18/h6,10,15-18,20H,1-2,7-9,12H2,3-5H3/t11?,15-,16-,17+,18+/m0/s1. The highest BCUT2D eigenvalue weighted by molar-refractivity contribution is 5.23. The van der Waals surface area contributed by atoms with E-state index < -0.39 is 24.3 Å². The van der Waals surface area contributed by atoms with Crippen LogP contribution in [0.3, 0.4) is 0 Å². The minimum atomic E-state index is -0.685. The third kappa shape index (κ3) is 4.66. The van der Waals surface area contributed by atoms with Gasteiger partial charge in [-0.05, 0) is 52.5 Å². The summed E-state index contributed by atoms with van der Waals surface area (Å²) in [5, 5.41) is 10.4. The van der Waals surface area contributed by atoms with E-state index in [2.05, 4.69) is 18.9 Å². The van der Waals surface area contributed by atoms with Crippen molar-refractivity contribution in [3.05, 3.63) is 42.2 Å². The van der Waals surface area contributed by atoms with Crippen molar-refractivity contribution in [1.29, 1.82) is 0 Å². The molecule has 2 aliphatic rings. The fourth-order valence-corrected chi connectivity index (χ4v) is 2.90. The van der Waals surface area contributed by atoms with Crippen LogP contribution in [0, 0.1) is 0 Å². The quantitative estimate of drug-likeness (QED) is 0.442. The van der Waals surface area contributed by atoms with Crippen molar-refractivity contribution in [2.45, 2.75) is 76.8 Å². The van der Waals surface area contributed by atoms with Crippen LogP contribution in [0.5, 0.6) is 0 Å². The second-order valence-electron chi connectivity index (χ2n) is 6.73. The maximum atomic E-state index is 10.4. The Balaban J connectivity index is 2.16. The normalized spacial score (nSPS) is 29.7. The summed E-state index contributed by atoms with van der Waals surface area (Å²) in [5.41, 5.74) is 5.03. The SMILES string of the molecule is C=CCCCC=C=C1[C@H]2OC(C)(C)O[C@H]2O[C@@H]1[C@@H](O)CC(=C)C. The zero-order chi connectivity index (χ0) is 17.0. The zero-order valence-corrected chi connectivity index (χ0v) is 14.4. The molecule has 4 nitrogen and oxygen atoms in total. The molecule has 0 radical (unpaired) electrons. The number of aliphatic hydroxyl groups excluding tert-OH is 1. The molecule has 4 atom stereocenters. The molecular weight excluding hydrogens is 292 g/mol. The van der Waals surface area contributed by atoms with Gasteiger partial charge in [0.2, 0.25) is 0 Å². The molecule has 2 aliphatic heterocycles. The number of fused-ring (bicyclic) bond motifs is 1. The van der Waals surface area contributed by atoms with E-state index >= 15 is 0 Å². The van der Waals surface area contributed by atoms with Crippen molar-refractivity contribution in [3.8, 4) is 0 Å². The number of aliphatic hydroxyl groups is 1. The molecular formula is C19H28O4. The van der Waals surface area contributed by atoms with E-state index in [0.717, 1.165) is 30.4 Å². The Kier molecular flexibility index (Phi) is 6.01. The predicted molar refractivity (Wildman–Crippen MR) is 89.8 cm³/mol. The summed E-state index contributed by atoms with van der Waals surface area (Å²) in [7, 11) is 0. The van der Waals surface area contributed by atoms with E-state index in [-0.39, 0.29) is 6.10 Å². The first kappa shape index (κ1) is 18.2. The first-order valence-corrected chi connectivity index (χ1v) is 8.23. The lowest BCUT2D eigenvalue weighted by atomic mass is 9.98. The Bertz CT molecular complexity index is 513. The monoisotopic (exact) mass is 320 g/mol. The van der Waals surface area contributed by atoms with Crippen molar-refractivity contribution < 1.29 is 19.3 Å². The number of allylic oxidation sites excluding steroid dienone is 1. The summed E-state index contributed by atoms with van der Waals surface area (Å²) in [4.78, 5) is 0. The number of rotatable bonds is 7. The van der Waals surface area contributed by atoms with E-state index in [9.17, 15) is 5.11 Å². The van der Waals surface area contributed by atoms with Crippen LogP contribution in [-0.2, 0) is 14.2 Å². The van der Waals surface area contributed by atoms with Crippen LogP contribution in [0.15, 0.2) is 42.2 Å². The highest BCUT2D eigenvalue weighted by Crippen LogP contribution is 2.41. The summed E-state index contributed by atoms with van der Waals surface area (Å²) < 4.78 is 17.6. The predicted octanol–water partition coefficient (Wildman–Crippen LogP) is 3.63. The van der Waals surface area contributed by atoms with Gasteiger partial charge in [0.05, 0.1) is 6.10 Å². The molecule has 2 heterocycles. The van der Waals surface area contributed by atoms with Gasteiger partial charge in [0.1, 0.15) is 12.2 Å². The molecule has 2 rings (SSSR count). The van der Waals surface area contributed by atoms with Crippen LogP contribution >= 0.6 is 0 Å². The minimum absolute atomic E-state index is 0.314. The molecule has 2 fully saturated rings. The topological polar surface area (TPSA) is 47.9 Å². The molecule has 0 aliphatic carbocycles. The van der Waals surface area contributed by atoms with Crippen LogP contribution in [0.2, 0.25) is 0 Å². The van der Waals surface area contributed by atoms with Gasteiger partial charge in [0, 0.05) is 5.57 Å². The van der Waals surface area contributed by atoms with E-state index in [1.165, 1.54) is 0 Å². The van der Waals surface area contributed by atoms with E-state index in [1.54, 1.807) is 0 Å². The number of unbranched alkanes of at least 4 members (excludes halogenated alkanes) is 2. The summed E-state index contributed by atoms with van der Waals surface area (Å²) in [5.74, 6) is -0.685. The average Bonchev–Trinajstić information content (AvgIpc) is 2.90. The van der Waals surface area contributed by atoms with Gasteiger partial charge in [-0.2, -0.15) is 0 Å². The third-order valence-electron chi connectivity index (χ3n) is 3.88.